The molecular weight excluding hydrogens is 222 g/mol. The first kappa shape index (κ1) is 11.5. The van der Waals surface area contributed by atoms with Gasteiger partial charge in [0.2, 0.25) is 0 Å². The Kier molecular flexibility index (Phi) is 2.92. The third-order valence-electron chi connectivity index (χ3n) is 3.97. The molecular formula is C15H19N3. The van der Waals surface area contributed by atoms with Gasteiger partial charge in [-0.15, -0.1) is 0 Å². The molecule has 94 valence electrons. The molecule has 1 aromatic carbocycles. The highest BCUT2D eigenvalue weighted by Crippen LogP contribution is 2.29. The molecule has 18 heavy (non-hydrogen) atoms. The maximum absolute atomic E-state index is 6.09. The molecule has 2 atom stereocenters. The second kappa shape index (κ2) is 4.58. The van der Waals surface area contributed by atoms with Crippen molar-refractivity contribution in [1.29, 1.82) is 0 Å². The minimum absolute atomic E-state index is 0.345. The van der Waals surface area contributed by atoms with E-state index in [1.165, 1.54) is 16.5 Å². The molecule has 1 saturated heterocycles. The maximum Gasteiger partial charge on any atom is 0.0447 e. The summed E-state index contributed by atoms with van der Waals surface area (Å²) in [5.41, 5.74) is 7.41. The van der Waals surface area contributed by atoms with E-state index in [9.17, 15) is 0 Å². The Balaban J connectivity index is 1.99. The van der Waals surface area contributed by atoms with Crippen molar-refractivity contribution >= 4 is 16.5 Å². The highest BCUT2D eigenvalue weighted by atomic mass is 15.1. The van der Waals surface area contributed by atoms with Crippen LogP contribution in [-0.4, -0.2) is 24.1 Å². The number of nitrogens with zero attached hydrogens (tertiary/aromatic N) is 2. The van der Waals surface area contributed by atoms with E-state index in [0.717, 1.165) is 19.5 Å². The van der Waals surface area contributed by atoms with Crippen LogP contribution >= 0.6 is 0 Å². The molecule has 1 aromatic heterocycles. The Bertz CT molecular complexity index is 547. The maximum atomic E-state index is 6.09. The standard InChI is InChI=1S/C15H19N3/c1-11-10-18(8-6-14(11)16)15-4-2-3-12-9-17-7-5-13(12)15/h2-5,7,9,11,14H,6,8,10,16H2,1H3. The SMILES string of the molecule is CC1CN(c2cccc3cnccc23)CCC1N. The van der Waals surface area contributed by atoms with Gasteiger partial charge >= 0.3 is 0 Å². The number of anilines is 1. The van der Waals surface area contributed by atoms with E-state index in [0.29, 0.717) is 12.0 Å². The van der Waals surface area contributed by atoms with Gasteiger partial charge in [0, 0.05) is 48.0 Å². The molecule has 3 nitrogen and oxygen atoms in total. The fourth-order valence-electron chi connectivity index (χ4n) is 2.76. The molecule has 1 aliphatic rings. The lowest BCUT2D eigenvalue weighted by atomic mass is 9.94. The van der Waals surface area contributed by atoms with Crippen LogP contribution in [0.15, 0.2) is 36.7 Å². The summed E-state index contributed by atoms with van der Waals surface area (Å²) in [7, 11) is 0. The zero-order valence-electron chi connectivity index (χ0n) is 10.7. The molecule has 0 spiro atoms. The lowest BCUT2D eigenvalue weighted by molar-refractivity contribution is 0.383. The van der Waals surface area contributed by atoms with E-state index in [4.69, 9.17) is 5.73 Å². The van der Waals surface area contributed by atoms with Crippen molar-refractivity contribution < 1.29 is 0 Å². The number of nitrogens with two attached hydrogens (primary N) is 1. The van der Waals surface area contributed by atoms with E-state index >= 15 is 0 Å². The highest BCUT2D eigenvalue weighted by molar-refractivity contribution is 5.93. The van der Waals surface area contributed by atoms with Crippen LogP contribution in [0.25, 0.3) is 10.8 Å². The average molecular weight is 241 g/mol. The Morgan fingerprint density at radius 2 is 2.22 bits per heavy atom. The number of pyridine rings is 1. The summed E-state index contributed by atoms with van der Waals surface area (Å²) in [4.78, 5) is 6.64. The van der Waals surface area contributed by atoms with Gasteiger partial charge in [0.05, 0.1) is 0 Å². The molecule has 2 N–H and O–H groups in total. The molecule has 0 saturated carbocycles. The minimum Gasteiger partial charge on any atom is -0.371 e. The fourth-order valence-corrected chi connectivity index (χ4v) is 2.76. The van der Waals surface area contributed by atoms with E-state index in [2.05, 4.69) is 41.1 Å². The Labute approximate surface area is 108 Å². The first-order valence-corrected chi connectivity index (χ1v) is 6.59. The van der Waals surface area contributed by atoms with E-state index < -0.39 is 0 Å². The summed E-state index contributed by atoms with van der Waals surface area (Å²) in [6.45, 7) is 4.33. The smallest absolute Gasteiger partial charge is 0.0447 e. The molecule has 2 heterocycles. The first-order chi connectivity index (χ1) is 8.75. The van der Waals surface area contributed by atoms with Crippen LogP contribution < -0.4 is 10.6 Å². The molecule has 0 radical (unpaired) electrons. The third kappa shape index (κ3) is 1.95. The number of piperidine rings is 1. The number of fused-ring (bicyclic) bond motifs is 1. The quantitative estimate of drug-likeness (QED) is 0.833. The lowest BCUT2D eigenvalue weighted by Crippen LogP contribution is -2.46. The predicted molar refractivity (Wildman–Crippen MR) is 75.7 cm³/mol. The minimum atomic E-state index is 0.345. The normalized spacial score (nSPS) is 24.4. The monoisotopic (exact) mass is 241 g/mol. The van der Waals surface area contributed by atoms with Crippen molar-refractivity contribution in [1.82, 2.24) is 4.98 Å². The topological polar surface area (TPSA) is 42.2 Å². The van der Waals surface area contributed by atoms with Crippen molar-refractivity contribution in [2.75, 3.05) is 18.0 Å². The van der Waals surface area contributed by atoms with Gasteiger partial charge in [-0.1, -0.05) is 19.1 Å². The summed E-state index contributed by atoms with van der Waals surface area (Å²) in [5, 5.41) is 2.49. The van der Waals surface area contributed by atoms with Crippen LogP contribution in [0.1, 0.15) is 13.3 Å². The van der Waals surface area contributed by atoms with Crippen LogP contribution in [-0.2, 0) is 0 Å². The number of benzene rings is 1. The number of hydrogen-bond donors (Lipinski definition) is 1. The lowest BCUT2D eigenvalue weighted by Gasteiger charge is -2.37. The molecule has 2 unspecified atom stereocenters. The summed E-state index contributed by atoms with van der Waals surface area (Å²) in [6.07, 6.45) is 4.87. The van der Waals surface area contributed by atoms with Crippen molar-refractivity contribution in [2.45, 2.75) is 19.4 Å². The Hall–Kier alpha value is -1.61. The molecule has 1 aliphatic heterocycles. The van der Waals surface area contributed by atoms with Crippen molar-refractivity contribution in [2.24, 2.45) is 11.7 Å². The van der Waals surface area contributed by atoms with Crippen LogP contribution in [0.3, 0.4) is 0 Å². The van der Waals surface area contributed by atoms with Crippen molar-refractivity contribution in [3.05, 3.63) is 36.7 Å². The van der Waals surface area contributed by atoms with Gasteiger partial charge in [0.15, 0.2) is 0 Å². The highest BCUT2D eigenvalue weighted by Gasteiger charge is 2.23. The van der Waals surface area contributed by atoms with Crippen LogP contribution in [0.5, 0.6) is 0 Å². The molecule has 0 aliphatic carbocycles. The van der Waals surface area contributed by atoms with Crippen LogP contribution in [0, 0.1) is 5.92 Å². The van der Waals surface area contributed by atoms with E-state index in [-0.39, 0.29) is 0 Å². The zero-order chi connectivity index (χ0) is 12.5. The summed E-state index contributed by atoms with van der Waals surface area (Å²) in [5.74, 6) is 0.552. The summed E-state index contributed by atoms with van der Waals surface area (Å²) >= 11 is 0. The summed E-state index contributed by atoms with van der Waals surface area (Å²) < 4.78 is 0. The average Bonchev–Trinajstić information content (AvgIpc) is 2.41. The molecule has 3 heteroatoms. The second-order valence-electron chi connectivity index (χ2n) is 5.25. The molecule has 0 amide bonds. The first-order valence-electron chi connectivity index (χ1n) is 6.59. The molecule has 1 fully saturated rings. The van der Waals surface area contributed by atoms with Gasteiger partial charge in [-0.3, -0.25) is 4.98 Å². The van der Waals surface area contributed by atoms with Crippen molar-refractivity contribution in [3.63, 3.8) is 0 Å². The van der Waals surface area contributed by atoms with Gasteiger partial charge in [-0.05, 0) is 24.5 Å². The van der Waals surface area contributed by atoms with Gasteiger partial charge in [0.25, 0.3) is 0 Å². The number of hydrogen-bond acceptors (Lipinski definition) is 3. The van der Waals surface area contributed by atoms with Crippen LogP contribution in [0.4, 0.5) is 5.69 Å². The van der Waals surface area contributed by atoms with Gasteiger partial charge in [0.1, 0.15) is 0 Å². The Morgan fingerprint density at radius 1 is 1.33 bits per heavy atom. The van der Waals surface area contributed by atoms with E-state index in [1.807, 2.05) is 12.4 Å². The third-order valence-corrected chi connectivity index (χ3v) is 3.97. The molecule has 3 rings (SSSR count). The second-order valence-corrected chi connectivity index (χ2v) is 5.25. The molecule has 2 aromatic rings. The van der Waals surface area contributed by atoms with Gasteiger partial charge in [-0.25, -0.2) is 0 Å². The fraction of sp³-hybridized carbons (Fsp3) is 0.400. The van der Waals surface area contributed by atoms with Crippen molar-refractivity contribution in [3.8, 4) is 0 Å². The van der Waals surface area contributed by atoms with E-state index in [1.54, 1.807) is 0 Å². The van der Waals surface area contributed by atoms with Gasteiger partial charge < -0.3 is 10.6 Å². The number of rotatable bonds is 1. The number of aromatic nitrogens is 1. The Morgan fingerprint density at radius 3 is 3.06 bits per heavy atom. The van der Waals surface area contributed by atoms with Gasteiger partial charge in [-0.2, -0.15) is 0 Å². The largest absolute Gasteiger partial charge is 0.371 e. The van der Waals surface area contributed by atoms with Crippen LogP contribution in [0.2, 0.25) is 0 Å². The zero-order valence-corrected chi connectivity index (χ0v) is 10.7. The predicted octanol–water partition coefficient (Wildman–Crippen LogP) is 2.41. The molecule has 0 bridgehead atoms. The summed E-state index contributed by atoms with van der Waals surface area (Å²) in [6, 6.07) is 8.87.